The average molecular weight is 244 g/mol. The van der Waals surface area contributed by atoms with Crippen molar-refractivity contribution in [3.63, 3.8) is 0 Å². The highest BCUT2D eigenvalue weighted by molar-refractivity contribution is 5.67. The molecule has 0 unspecified atom stereocenters. The standard InChI is InChI=1S/C14H16N2O2/c1-9(2)18-13-6-4-3-5-10(13)12-8-7-11(15)14(17)16-12/h3-9H,15H2,1-2H3,(H,16,17). The fourth-order valence-corrected chi connectivity index (χ4v) is 1.69. The van der Waals surface area contributed by atoms with E-state index in [0.29, 0.717) is 5.69 Å². The summed E-state index contributed by atoms with van der Waals surface area (Å²) in [5.41, 5.74) is 6.98. The van der Waals surface area contributed by atoms with Gasteiger partial charge in [0.1, 0.15) is 5.75 Å². The van der Waals surface area contributed by atoms with E-state index in [0.717, 1.165) is 11.3 Å². The van der Waals surface area contributed by atoms with Gasteiger partial charge >= 0.3 is 0 Å². The van der Waals surface area contributed by atoms with Gasteiger partial charge in [0.05, 0.1) is 17.5 Å². The van der Waals surface area contributed by atoms with Crippen LogP contribution in [0.25, 0.3) is 11.3 Å². The summed E-state index contributed by atoms with van der Waals surface area (Å²) >= 11 is 0. The maximum Gasteiger partial charge on any atom is 0.271 e. The maximum absolute atomic E-state index is 11.5. The highest BCUT2D eigenvalue weighted by atomic mass is 16.5. The van der Waals surface area contributed by atoms with Gasteiger partial charge in [0, 0.05) is 5.56 Å². The molecule has 0 bridgehead atoms. The van der Waals surface area contributed by atoms with E-state index in [1.54, 1.807) is 12.1 Å². The monoisotopic (exact) mass is 244 g/mol. The van der Waals surface area contributed by atoms with Gasteiger partial charge in [-0.15, -0.1) is 0 Å². The van der Waals surface area contributed by atoms with E-state index in [1.165, 1.54) is 0 Å². The number of rotatable bonds is 3. The van der Waals surface area contributed by atoms with E-state index in [2.05, 4.69) is 4.98 Å². The Morgan fingerprint density at radius 3 is 2.56 bits per heavy atom. The van der Waals surface area contributed by atoms with Crippen molar-refractivity contribution in [3.05, 3.63) is 46.8 Å². The molecule has 0 radical (unpaired) electrons. The smallest absolute Gasteiger partial charge is 0.271 e. The molecule has 0 atom stereocenters. The van der Waals surface area contributed by atoms with Crippen LogP contribution in [0.1, 0.15) is 13.8 Å². The van der Waals surface area contributed by atoms with E-state index < -0.39 is 0 Å². The molecule has 0 aliphatic carbocycles. The molecule has 0 saturated heterocycles. The van der Waals surface area contributed by atoms with E-state index in [4.69, 9.17) is 10.5 Å². The summed E-state index contributed by atoms with van der Waals surface area (Å²) in [6.45, 7) is 3.92. The summed E-state index contributed by atoms with van der Waals surface area (Å²) in [5, 5.41) is 0. The fourth-order valence-electron chi connectivity index (χ4n) is 1.69. The van der Waals surface area contributed by atoms with Crippen molar-refractivity contribution in [1.82, 2.24) is 4.98 Å². The molecule has 2 rings (SSSR count). The lowest BCUT2D eigenvalue weighted by Crippen LogP contribution is -2.12. The van der Waals surface area contributed by atoms with Gasteiger partial charge in [-0.3, -0.25) is 4.79 Å². The first-order chi connectivity index (χ1) is 8.58. The molecule has 1 aromatic heterocycles. The van der Waals surface area contributed by atoms with E-state index in [-0.39, 0.29) is 17.4 Å². The molecule has 3 N–H and O–H groups in total. The second-order valence-corrected chi connectivity index (χ2v) is 4.32. The van der Waals surface area contributed by atoms with Crippen LogP contribution in [0.4, 0.5) is 5.69 Å². The summed E-state index contributed by atoms with van der Waals surface area (Å²) in [4.78, 5) is 14.3. The summed E-state index contributed by atoms with van der Waals surface area (Å²) in [5.74, 6) is 0.743. The third-order valence-electron chi connectivity index (χ3n) is 2.48. The number of hydrogen-bond acceptors (Lipinski definition) is 3. The Balaban J connectivity index is 2.49. The topological polar surface area (TPSA) is 68.1 Å². The molecule has 4 nitrogen and oxygen atoms in total. The normalized spacial score (nSPS) is 10.6. The van der Waals surface area contributed by atoms with Crippen LogP contribution in [-0.4, -0.2) is 11.1 Å². The van der Waals surface area contributed by atoms with Crippen LogP contribution in [0.3, 0.4) is 0 Å². The van der Waals surface area contributed by atoms with E-state index in [9.17, 15) is 4.79 Å². The number of para-hydroxylation sites is 1. The van der Waals surface area contributed by atoms with Crippen LogP contribution in [0.2, 0.25) is 0 Å². The van der Waals surface area contributed by atoms with Gasteiger partial charge in [-0.2, -0.15) is 0 Å². The van der Waals surface area contributed by atoms with Crippen LogP contribution >= 0.6 is 0 Å². The van der Waals surface area contributed by atoms with E-state index >= 15 is 0 Å². The first kappa shape index (κ1) is 12.2. The number of H-pyrrole nitrogens is 1. The van der Waals surface area contributed by atoms with Gasteiger partial charge in [0.15, 0.2) is 0 Å². The summed E-state index contributed by atoms with van der Waals surface area (Å²) in [6, 6.07) is 11.0. The highest BCUT2D eigenvalue weighted by Crippen LogP contribution is 2.28. The highest BCUT2D eigenvalue weighted by Gasteiger charge is 2.08. The molecule has 0 fully saturated rings. The Labute approximate surface area is 105 Å². The van der Waals surface area contributed by atoms with Crippen molar-refractivity contribution in [2.75, 3.05) is 5.73 Å². The van der Waals surface area contributed by atoms with Crippen LogP contribution in [0.15, 0.2) is 41.2 Å². The number of aromatic nitrogens is 1. The molecule has 0 spiro atoms. The fraction of sp³-hybridized carbons (Fsp3) is 0.214. The van der Waals surface area contributed by atoms with Crippen LogP contribution < -0.4 is 16.0 Å². The first-order valence-corrected chi connectivity index (χ1v) is 5.83. The Morgan fingerprint density at radius 1 is 1.17 bits per heavy atom. The van der Waals surface area contributed by atoms with Gasteiger partial charge in [0.25, 0.3) is 5.56 Å². The molecular weight excluding hydrogens is 228 g/mol. The lowest BCUT2D eigenvalue weighted by molar-refractivity contribution is 0.243. The van der Waals surface area contributed by atoms with Crippen LogP contribution in [-0.2, 0) is 0 Å². The largest absolute Gasteiger partial charge is 0.490 e. The number of nitrogens with two attached hydrogens (primary N) is 1. The number of ether oxygens (including phenoxy) is 1. The van der Waals surface area contributed by atoms with Gasteiger partial charge in [0.2, 0.25) is 0 Å². The van der Waals surface area contributed by atoms with Gasteiger partial charge in [-0.1, -0.05) is 12.1 Å². The number of pyridine rings is 1. The predicted octanol–water partition coefficient (Wildman–Crippen LogP) is 2.41. The number of hydrogen-bond donors (Lipinski definition) is 2. The molecule has 0 amide bonds. The van der Waals surface area contributed by atoms with Gasteiger partial charge < -0.3 is 15.5 Å². The quantitative estimate of drug-likeness (QED) is 0.871. The summed E-state index contributed by atoms with van der Waals surface area (Å²) in [6.07, 6.45) is 0.0756. The Hall–Kier alpha value is -2.23. The van der Waals surface area contributed by atoms with Crippen molar-refractivity contribution >= 4 is 5.69 Å². The zero-order valence-electron chi connectivity index (χ0n) is 10.4. The Morgan fingerprint density at radius 2 is 1.89 bits per heavy atom. The summed E-state index contributed by atoms with van der Waals surface area (Å²) < 4.78 is 5.72. The predicted molar refractivity (Wildman–Crippen MR) is 72.7 cm³/mol. The number of benzene rings is 1. The number of nitrogens with one attached hydrogen (secondary N) is 1. The molecule has 2 aromatic rings. The van der Waals surface area contributed by atoms with Gasteiger partial charge in [-0.05, 0) is 38.1 Å². The maximum atomic E-state index is 11.5. The average Bonchev–Trinajstić information content (AvgIpc) is 2.33. The molecule has 1 heterocycles. The van der Waals surface area contributed by atoms with Crippen molar-refractivity contribution < 1.29 is 4.74 Å². The molecule has 4 heteroatoms. The SMILES string of the molecule is CC(C)Oc1ccccc1-c1ccc(N)c(=O)[nH]1. The molecule has 0 saturated carbocycles. The zero-order valence-corrected chi connectivity index (χ0v) is 10.4. The van der Waals surface area contributed by atoms with E-state index in [1.807, 2.05) is 38.1 Å². The number of anilines is 1. The number of aromatic amines is 1. The van der Waals surface area contributed by atoms with Crippen molar-refractivity contribution in [1.29, 1.82) is 0 Å². The molecule has 18 heavy (non-hydrogen) atoms. The summed E-state index contributed by atoms with van der Waals surface area (Å²) in [7, 11) is 0. The lowest BCUT2D eigenvalue weighted by atomic mass is 10.1. The van der Waals surface area contributed by atoms with Crippen LogP contribution in [0.5, 0.6) is 5.75 Å². The zero-order chi connectivity index (χ0) is 13.1. The van der Waals surface area contributed by atoms with Crippen LogP contribution in [0, 0.1) is 0 Å². The second-order valence-electron chi connectivity index (χ2n) is 4.32. The van der Waals surface area contributed by atoms with Crippen molar-refractivity contribution in [2.24, 2.45) is 0 Å². The molecule has 0 aliphatic heterocycles. The van der Waals surface area contributed by atoms with Crippen molar-refractivity contribution in [3.8, 4) is 17.0 Å². The Kier molecular flexibility index (Phi) is 3.37. The molecular formula is C14H16N2O2. The lowest BCUT2D eigenvalue weighted by Gasteiger charge is -2.14. The minimum absolute atomic E-state index is 0.0756. The minimum Gasteiger partial charge on any atom is -0.490 e. The van der Waals surface area contributed by atoms with Crippen molar-refractivity contribution in [2.45, 2.75) is 20.0 Å². The molecule has 1 aromatic carbocycles. The second kappa shape index (κ2) is 4.96. The van der Waals surface area contributed by atoms with Gasteiger partial charge in [-0.25, -0.2) is 0 Å². The molecule has 94 valence electrons. The third-order valence-corrected chi connectivity index (χ3v) is 2.48. The first-order valence-electron chi connectivity index (χ1n) is 5.83. The Bertz CT molecular complexity index is 603. The molecule has 0 aliphatic rings. The third kappa shape index (κ3) is 2.53. The number of nitrogen functional groups attached to an aromatic ring is 1. The minimum atomic E-state index is -0.285.